The molecule has 0 aliphatic heterocycles. The predicted molar refractivity (Wildman–Crippen MR) is 104 cm³/mol. The molecule has 0 aliphatic rings. The summed E-state index contributed by atoms with van der Waals surface area (Å²) in [5.41, 5.74) is 2.07. The Balaban J connectivity index is 1.80. The molecule has 1 amide bonds. The fraction of sp³-hybridized carbons (Fsp3) is 0.200. The van der Waals surface area contributed by atoms with E-state index < -0.39 is 0 Å². The zero-order valence-electron chi connectivity index (χ0n) is 15.2. The van der Waals surface area contributed by atoms with Gasteiger partial charge in [0.2, 0.25) is 5.91 Å². The van der Waals surface area contributed by atoms with Crippen LogP contribution in [0, 0.1) is 12.7 Å². The topological polar surface area (TPSA) is 60.5 Å². The van der Waals surface area contributed by atoms with Crippen molar-refractivity contribution < 1.29 is 18.7 Å². The molecule has 3 aromatic rings. The lowest BCUT2D eigenvalue weighted by molar-refractivity contribution is -0.115. The van der Waals surface area contributed by atoms with Gasteiger partial charge >= 0.3 is 0 Å². The van der Waals surface area contributed by atoms with Crippen LogP contribution in [0.5, 0.6) is 11.5 Å². The number of aromatic nitrogens is 1. The van der Waals surface area contributed by atoms with Crippen LogP contribution in [0.3, 0.4) is 0 Å². The Hall–Kier alpha value is -2.93. The number of ether oxygens (including phenoxy) is 2. The van der Waals surface area contributed by atoms with Crippen molar-refractivity contribution in [1.29, 1.82) is 0 Å². The van der Waals surface area contributed by atoms with Crippen molar-refractivity contribution in [2.75, 3.05) is 19.5 Å². The summed E-state index contributed by atoms with van der Waals surface area (Å²) in [6, 6.07) is 11.3. The van der Waals surface area contributed by atoms with E-state index >= 15 is 0 Å². The van der Waals surface area contributed by atoms with Crippen LogP contribution in [0.15, 0.2) is 42.5 Å². The Morgan fingerprint density at radius 2 is 1.74 bits per heavy atom. The van der Waals surface area contributed by atoms with Crippen molar-refractivity contribution in [3.05, 3.63) is 58.2 Å². The summed E-state index contributed by atoms with van der Waals surface area (Å²) in [5, 5.41) is 3.70. The van der Waals surface area contributed by atoms with Crippen LogP contribution in [-0.4, -0.2) is 25.1 Å². The maximum absolute atomic E-state index is 13.2. The number of nitrogens with one attached hydrogen (secondary N) is 1. The van der Waals surface area contributed by atoms with E-state index in [2.05, 4.69) is 10.3 Å². The Bertz CT molecular complexity index is 932. The van der Waals surface area contributed by atoms with Gasteiger partial charge in [-0.25, -0.2) is 9.37 Å². The Labute approximate surface area is 160 Å². The van der Waals surface area contributed by atoms with Crippen LogP contribution in [0.4, 0.5) is 10.1 Å². The third-order valence-corrected chi connectivity index (χ3v) is 4.85. The SMILES string of the molecule is COc1cc(NC(=O)Cc2sc(C)nc2-c2ccc(F)cc2)cc(OC)c1. The summed E-state index contributed by atoms with van der Waals surface area (Å²) >= 11 is 1.45. The maximum atomic E-state index is 13.2. The summed E-state index contributed by atoms with van der Waals surface area (Å²) in [5.74, 6) is 0.685. The average Bonchev–Trinajstić information content (AvgIpc) is 3.01. The summed E-state index contributed by atoms with van der Waals surface area (Å²) in [4.78, 5) is 17.9. The van der Waals surface area contributed by atoms with Crippen molar-refractivity contribution in [2.24, 2.45) is 0 Å². The second-order valence-electron chi connectivity index (χ2n) is 5.84. The van der Waals surface area contributed by atoms with Gasteiger partial charge in [0.1, 0.15) is 17.3 Å². The second kappa shape index (κ2) is 8.18. The van der Waals surface area contributed by atoms with Gasteiger partial charge in [-0.15, -0.1) is 11.3 Å². The van der Waals surface area contributed by atoms with Crippen molar-refractivity contribution >= 4 is 22.9 Å². The first-order chi connectivity index (χ1) is 13.0. The highest BCUT2D eigenvalue weighted by Crippen LogP contribution is 2.30. The number of hydrogen-bond acceptors (Lipinski definition) is 5. The van der Waals surface area contributed by atoms with E-state index in [1.165, 1.54) is 23.5 Å². The maximum Gasteiger partial charge on any atom is 0.229 e. The number of halogens is 1. The van der Waals surface area contributed by atoms with E-state index in [1.54, 1.807) is 44.6 Å². The van der Waals surface area contributed by atoms with Crippen LogP contribution >= 0.6 is 11.3 Å². The number of methoxy groups -OCH3 is 2. The highest BCUT2D eigenvalue weighted by atomic mass is 32.1. The molecule has 1 aromatic heterocycles. The predicted octanol–water partition coefficient (Wildman–Crippen LogP) is 4.46. The molecule has 3 rings (SSSR count). The molecule has 0 spiro atoms. The lowest BCUT2D eigenvalue weighted by atomic mass is 10.1. The van der Waals surface area contributed by atoms with Crippen molar-refractivity contribution in [2.45, 2.75) is 13.3 Å². The molecule has 0 aliphatic carbocycles. The first kappa shape index (κ1) is 18.8. The molecular formula is C20H19FN2O3S. The number of carbonyl (C=O) groups excluding carboxylic acids is 1. The molecule has 140 valence electrons. The minimum Gasteiger partial charge on any atom is -0.497 e. The van der Waals surface area contributed by atoms with Gasteiger partial charge in [-0.3, -0.25) is 4.79 Å². The minimum atomic E-state index is -0.308. The van der Waals surface area contributed by atoms with Crippen LogP contribution < -0.4 is 14.8 Å². The van der Waals surface area contributed by atoms with Crippen molar-refractivity contribution in [3.63, 3.8) is 0 Å². The first-order valence-corrected chi connectivity index (χ1v) is 9.05. The van der Waals surface area contributed by atoms with Gasteiger partial charge in [-0.1, -0.05) is 0 Å². The molecule has 1 N–H and O–H groups in total. The molecule has 0 bridgehead atoms. The van der Waals surface area contributed by atoms with E-state index in [1.807, 2.05) is 6.92 Å². The van der Waals surface area contributed by atoms with Gasteiger partial charge in [0.05, 0.1) is 31.3 Å². The van der Waals surface area contributed by atoms with E-state index in [0.717, 1.165) is 15.4 Å². The Kier molecular flexibility index (Phi) is 5.71. The number of benzene rings is 2. The zero-order valence-corrected chi connectivity index (χ0v) is 16.0. The molecular weight excluding hydrogens is 367 g/mol. The van der Waals surface area contributed by atoms with Gasteiger partial charge in [-0.05, 0) is 31.2 Å². The Morgan fingerprint density at radius 3 is 2.33 bits per heavy atom. The fourth-order valence-corrected chi connectivity index (χ4v) is 3.61. The first-order valence-electron chi connectivity index (χ1n) is 8.23. The molecule has 7 heteroatoms. The van der Waals surface area contributed by atoms with Crippen LogP contribution in [-0.2, 0) is 11.2 Å². The van der Waals surface area contributed by atoms with Crippen LogP contribution in [0.25, 0.3) is 11.3 Å². The van der Waals surface area contributed by atoms with Gasteiger partial charge in [0, 0.05) is 34.3 Å². The minimum absolute atomic E-state index is 0.164. The number of anilines is 1. The number of thiazole rings is 1. The smallest absolute Gasteiger partial charge is 0.229 e. The largest absolute Gasteiger partial charge is 0.497 e. The second-order valence-corrected chi connectivity index (χ2v) is 7.13. The molecule has 5 nitrogen and oxygen atoms in total. The summed E-state index contributed by atoms with van der Waals surface area (Å²) < 4.78 is 23.6. The number of aryl methyl sites for hydroxylation is 1. The molecule has 0 saturated heterocycles. The Morgan fingerprint density at radius 1 is 1.11 bits per heavy atom. The monoisotopic (exact) mass is 386 g/mol. The molecule has 0 unspecified atom stereocenters. The van der Waals surface area contributed by atoms with Crippen LogP contribution in [0.1, 0.15) is 9.88 Å². The third kappa shape index (κ3) is 4.62. The molecule has 0 radical (unpaired) electrons. The summed E-state index contributed by atoms with van der Waals surface area (Å²) in [6.45, 7) is 1.88. The number of amides is 1. The van der Waals surface area contributed by atoms with E-state index in [9.17, 15) is 9.18 Å². The van der Waals surface area contributed by atoms with Gasteiger partial charge in [0.25, 0.3) is 0 Å². The molecule has 0 fully saturated rings. The van der Waals surface area contributed by atoms with E-state index in [0.29, 0.717) is 22.9 Å². The number of carbonyl (C=O) groups is 1. The molecule has 0 atom stereocenters. The summed E-state index contributed by atoms with van der Waals surface area (Å²) in [7, 11) is 3.10. The third-order valence-electron chi connectivity index (χ3n) is 3.88. The number of nitrogens with zero attached hydrogens (tertiary/aromatic N) is 1. The lowest BCUT2D eigenvalue weighted by Crippen LogP contribution is -2.14. The number of hydrogen-bond donors (Lipinski definition) is 1. The number of rotatable bonds is 6. The van der Waals surface area contributed by atoms with E-state index in [4.69, 9.17) is 9.47 Å². The highest BCUT2D eigenvalue weighted by molar-refractivity contribution is 7.12. The normalized spacial score (nSPS) is 10.5. The van der Waals surface area contributed by atoms with Gasteiger partial charge in [0.15, 0.2) is 0 Å². The standard InChI is InChI=1S/C20H19FN2O3S/c1-12-22-20(13-4-6-14(21)7-5-13)18(27-12)11-19(24)23-15-8-16(25-2)10-17(9-15)26-3/h4-10H,11H2,1-3H3,(H,23,24). The highest BCUT2D eigenvalue weighted by Gasteiger charge is 2.15. The van der Waals surface area contributed by atoms with E-state index in [-0.39, 0.29) is 18.1 Å². The zero-order chi connectivity index (χ0) is 19.4. The van der Waals surface area contributed by atoms with Crippen molar-refractivity contribution in [1.82, 2.24) is 4.98 Å². The van der Waals surface area contributed by atoms with Gasteiger partial charge < -0.3 is 14.8 Å². The quantitative estimate of drug-likeness (QED) is 0.680. The molecule has 27 heavy (non-hydrogen) atoms. The fourth-order valence-electron chi connectivity index (χ4n) is 2.65. The van der Waals surface area contributed by atoms with Crippen LogP contribution in [0.2, 0.25) is 0 Å². The average molecular weight is 386 g/mol. The lowest BCUT2D eigenvalue weighted by Gasteiger charge is -2.10. The van der Waals surface area contributed by atoms with Gasteiger partial charge in [-0.2, -0.15) is 0 Å². The molecule has 1 heterocycles. The molecule has 2 aromatic carbocycles. The molecule has 0 saturated carbocycles. The summed E-state index contributed by atoms with van der Waals surface area (Å²) in [6.07, 6.45) is 0.164. The van der Waals surface area contributed by atoms with Crippen molar-refractivity contribution in [3.8, 4) is 22.8 Å².